The number of nitrogens with zero attached hydrogens (tertiary/aromatic N) is 3. The predicted octanol–water partition coefficient (Wildman–Crippen LogP) is 38.1. The fraction of sp³-hybridized carbons (Fsp3) is 0.214. The molecule has 0 aliphatic heterocycles. The fourth-order valence-electron chi connectivity index (χ4n) is 33.6. The van der Waals surface area contributed by atoms with Crippen LogP contribution in [0.4, 0.5) is 51.2 Å². The zero-order valence-corrected chi connectivity index (χ0v) is 82.1. The maximum absolute atomic E-state index is 2.56. The van der Waals surface area contributed by atoms with Crippen molar-refractivity contribution in [3.05, 3.63) is 464 Å². The Hall–Kier alpha value is -14.7. The van der Waals surface area contributed by atoms with Crippen LogP contribution >= 0.6 is 11.3 Å². The third-order valence-corrected chi connectivity index (χ3v) is 39.6. The van der Waals surface area contributed by atoms with Crippen LogP contribution in [0.25, 0.3) is 130 Å². The summed E-state index contributed by atoms with van der Waals surface area (Å²) in [6.07, 6.45) is 21.4. The molecule has 12 bridgehead atoms. The van der Waals surface area contributed by atoms with E-state index in [1.54, 1.807) is 33.4 Å². The summed E-state index contributed by atoms with van der Waals surface area (Å²) in [5, 5.41) is 15.4. The Kier molecular flexibility index (Phi) is 19.0. The van der Waals surface area contributed by atoms with Gasteiger partial charge >= 0.3 is 0 Å². The molecule has 694 valence electrons. The molecule has 1 heterocycles. The first-order valence-electron chi connectivity index (χ1n) is 53.9. The lowest BCUT2D eigenvalue weighted by molar-refractivity contribution is -0.0399. The largest absolute Gasteiger partial charge is 0.310 e. The van der Waals surface area contributed by atoms with Crippen molar-refractivity contribution in [3.8, 4) is 55.6 Å². The molecule has 1 aromatic heterocycles. The van der Waals surface area contributed by atoms with Gasteiger partial charge in [0, 0.05) is 86.7 Å². The summed E-state index contributed by atoms with van der Waals surface area (Å²) in [4.78, 5) is 7.52. The molecule has 144 heavy (non-hydrogen) atoms. The number of hydrogen-bond donors (Lipinski definition) is 0. The highest BCUT2D eigenvalue weighted by molar-refractivity contribution is 7.25. The van der Waals surface area contributed by atoms with Crippen LogP contribution in [-0.2, 0) is 16.2 Å². The average Bonchev–Trinajstić information content (AvgIpc) is 1.51. The van der Waals surface area contributed by atoms with Gasteiger partial charge in [0.15, 0.2) is 0 Å². The summed E-state index contributed by atoms with van der Waals surface area (Å²) in [5.74, 6) is 10.3. The molecule has 20 aromatic carbocycles. The van der Waals surface area contributed by atoms with Crippen LogP contribution in [0.3, 0.4) is 0 Å². The highest BCUT2D eigenvalue weighted by Gasteiger charge is 2.65. The van der Waals surface area contributed by atoms with Crippen molar-refractivity contribution < 1.29 is 0 Å². The summed E-state index contributed by atoms with van der Waals surface area (Å²) in [6, 6.07) is 163. The normalized spacial score (nSPS) is 24.8. The van der Waals surface area contributed by atoms with Gasteiger partial charge in [-0.3, -0.25) is 0 Å². The first-order chi connectivity index (χ1) is 71.2. The Morgan fingerprint density at radius 3 is 0.875 bits per heavy atom. The third kappa shape index (κ3) is 12.6. The van der Waals surface area contributed by atoms with E-state index in [1.807, 2.05) is 11.3 Å². The van der Waals surface area contributed by atoms with Crippen molar-refractivity contribution in [1.82, 2.24) is 0 Å². The molecule has 0 saturated heterocycles. The highest BCUT2D eigenvalue weighted by atomic mass is 32.1. The molecule has 36 rings (SSSR count). The minimum atomic E-state index is 0.183. The van der Waals surface area contributed by atoms with E-state index >= 15 is 0 Å². The molecular weight excluding hydrogens is 1760 g/mol. The lowest BCUT2D eigenvalue weighted by Gasteiger charge is -2.61. The second-order valence-corrected chi connectivity index (χ2v) is 46.4. The van der Waals surface area contributed by atoms with E-state index in [0.29, 0.717) is 0 Å². The van der Waals surface area contributed by atoms with Crippen molar-refractivity contribution >= 4 is 137 Å². The standard InChI is InChI=1S/2C48H39N.C44H35NS/c1-3-13-40-33(9-1)11-7-16-41(40)35-19-21-38(22-20-35)49(47-18-8-12-34-10-2-4-14-42(34)47)39-23-24-46-44(30-39)43-15-5-6-17-45(43)48(46)36-26-31-25-32(28-36)29-37(48)27-31;1-2-10-36-29-37(17-16-33(36)8-1)34-18-20-40(21-19-34)49(47-15-7-11-35-9-3-4-12-42(35)47)41-22-23-46-44(30-41)43-13-5-6-14-45(43)48(46)38-25-31-24-32(27-38)28-39(48)26-31;1-2-10-34-29(8-1)9-7-14-41(34)45(33-17-19-43-38(26-33)36-12-4-6-15-42(36)46-43)32-16-18-40-37(25-32)35-11-3-5-13-39(35)44(40)30-21-27-20-28(23-30)24-31(44)22-27/h1-24,30-32,36-37H,25-29H2;1-23,29-32,38-39H,24-28H2;1-19,25-28,30-31H,20-24H2. The van der Waals surface area contributed by atoms with Gasteiger partial charge in [0.1, 0.15) is 0 Å². The molecule has 0 N–H and O–H groups in total. The van der Waals surface area contributed by atoms with Gasteiger partial charge in [-0.2, -0.15) is 0 Å². The maximum Gasteiger partial charge on any atom is 0.0540 e. The lowest BCUT2D eigenvalue weighted by atomic mass is 9.43. The average molecular weight is 1870 g/mol. The van der Waals surface area contributed by atoms with Gasteiger partial charge in [0.25, 0.3) is 0 Å². The molecular formula is C140H113N3S. The van der Waals surface area contributed by atoms with E-state index in [1.165, 1.54) is 277 Å². The fourth-order valence-corrected chi connectivity index (χ4v) is 34.7. The van der Waals surface area contributed by atoms with Gasteiger partial charge in [0.05, 0.1) is 17.1 Å². The van der Waals surface area contributed by atoms with Crippen LogP contribution < -0.4 is 14.7 Å². The zero-order chi connectivity index (χ0) is 94.2. The van der Waals surface area contributed by atoms with Gasteiger partial charge in [-0.05, 0) is 403 Å². The van der Waals surface area contributed by atoms with Gasteiger partial charge in [0.2, 0.25) is 0 Å². The van der Waals surface area contributed by atoms with E-state index in [2.05, 4.69) is 445 Å². The summed E-state index contributed by atoms with van der Waals surface area (Å²) >= 11 is 1.89. The minimum Gasteiger partial charge on any atom is -0.310 e. The van der Waals surface area contributed by atoms with E-state index in [-0.39, 0.29) is 16.2 Å². The van der Waals surface area contributed by atoms with Crippen molar-refractivity contribution in [2.45, 2.75) is 113 Å². The van der Waals surface area contributed by atoms with Crippen LogP contribution in [0.1, 0.15) is 130 Å². The molecule has 15 aliphatic carbocycles. The first kappa shape index (κ1) is 83.9. The van der Waals surface area contributed by atoms with E-state index in [9.17, 15) is 0 Å². The summed E-state index contributed by atoms with van der Waals surface area (Å²) < 4.78 is 2.69. The van der Waals surface area contributed by atoms with Crippen molar-refractivity contribution in [1.29, 1.82) is 0 Å². The Bertz CT molecular complexity index is 8700. The monoisotopic (exact) mass is 1870 g/mol. The molecule has 15 aliphatic rings. The van der Waals surface area contributed by atoms with E-state index in [4.69, 9.17) is 0 Å². The second-order valence-electron chi connectivity index (χ2n) is 45.3. The SMILES string of the molecule is c1ccc2c(c1)-c1cc(N(c3ccc(-c4ccc5ccccc5c4)cc3)c3cccc4ccccc34)ccc1C21C2CC3CC(C2)CC1C3.c1ccc2c(c1)-c1cc(N(c3ccc(-c4cccc5ccccc45)cc3)c3cccc4ccccc34)ccc1C21C2CC3CC(C2)CC1C3.c1ccc2c(c1)-c1cc(N(c3ccc4sc5ccccc5c4c3)c3cccc4ccccc34)ccc1C21C2CC3CC(C2)CC1C3. The molecule has 21 aromatic rings. The quantitative estimate of drug-likeness (QED) is 0.128. The molecule has 0 unspecified atom stereocenters. The van der Waals surface area contributed by atoms with Gasteiger partial charge in [-0.1, -0.05) is 322 Å². The topological polar surface area (TPSA) is 9.72 Å². The van der Waals surface area contributed by atoms with Gasteiger partial charge in [-0.15, -0.1) is 11.3 Å². The summed E-state index contributed by atoms with van der Waals surface area (Å²) in [6.45, 7) is 0. The van der Waals surface area contributed by atoms with Crippen molar-refractivity contribution in [2.75, 3.05) is 14.7 Å². The smallest absolute Gasteiger partial charge is 0.0540 e. The molecule has 12 saturated carbocycles. The minimum absolute atomic E-state index is 0.183. The first-order valence-corrected chi connectivity index (χ1v) is 54.7. The number of rotatable bonds is 11. The molecule has 0 atom stereocenters. The molecule has 3 spiro atoms. The molecule has 12 fully saturated rings. The Morgan fingerprint density at radius 1 is 0.167 bits per heavy atom. The predicted molar refractivity (Wildman–Crippen MR) is 604 cm³/mol. The molecule has 0 radical (unpaired) electrons. The van der Waals surface area contributed by atoms with Crippen LogP contribution in [0.15, 0.2) is 431 Å². The molecule has 0 amide bonds. The number of benzene rings is 20. The third-order valence-electron chi connectivity index (χ3n) is 38.5. The molecule has 4 heteroatoms. The zero-order valence-electron chi connectivity index (χ0n) is 81.3. The van der Waals surface area contributed by atoms with Gasteiger partial charge < -0.3 is 14.7 Å². The van der Waals surface area contributed by atoms with Crippen LogP contribution in [0.5, 0.6) is 0 Å². The van der Waals surface area contributed by atoms with Crippen LogP contribution in [-0.4, -0.2) is 0 Å². The molecule has 3 nitrogen and oxygen atoms in total. The maximum atomic E-state index is 2.56. The van der Waals surface area contributed by atoms with Gasteiger partial charge in [-0.25, -0.2) is 0 Å². The Balaban J connectivity index is 0.0000000986. The summed E-state index contributed by atoms with van der Waals surface area (Å²) in [7, 11) is 0. The number of anilines is 9. The number of hydrogen-bond acceptors (Lipinski definition) is 4. The second kappa shape index (κ2) is 32.7. The van der Waals surface area contributed by atoms with Crippen LogP contribution in [0.2, 0.25) is 0 Å². The van der Waals surface area contributed by atoms with Crippen molar-refractivity contribution in [2.24, 2.45) is 71.0 Å². The van der Waals surface area contributed by atoms with E-state index < -0.39 is 0 Å². The highest BCUT2D eigenvalue weighted by Crippen LogP contribution is 2.74. The Labute approximate surface area is 848 Å². The van der Waals surface area contributed by atoms with Crippen LogP contribution in [0, 0.1) is 71.0 Å². The summed E-state index contributed by atoms with van der Waals surface area (Å²) in [5.41, 5.74) is 35.0. The van der Waals surface area contributed by atoms with E-state index in [0.717, 1.165) is 71.0 Å². The Morgan fingerprint density at radius 2 is 0.451 bits per heavy atom. The number of thiophene rings is 1. The van der Waals surface area contributed by atoms with Crippen molar-refractivity contribution in [3.63, 3.8) is 0 Å². The number of fused-ring (bicyclic) bond motifs is 17. The lowest BCUT2D eigenvalue weighted by Crippen LogP contribution is -2.55.